The van der Waals surface area contributed by atoms with Crippen LogP contribution in [0.2, 0.25) is 0 Å². The van der Waals surface area contributed by atoms with Crippen LogP contribution in [0.25, 0.3) is 0 Å². The summed E-state index contributed by atoms with van der Waals surface area (Å²) in [7, 11) is 1.87. The summed E-state index contributed by atoms with van der Waals surface area (Å²) in [5.74, 6) is 0. The van der Waals surface area contributed by atoms with E-state index in [4.69, 9.17) is 0 Å². The van der Waals surface area contributed by atoms with Crippen molar-refractivity contribution in [3.63, 3.8) is 0 Å². The summed E-state index contributed by atoms with van der Waals surface area (Å²) in [6.07, 6.45) is 0.705. The van der Waals surface area contributed by atoms with Crippen molar-refractivity contribution in [1.29, 1.82) is 0 Å². The maximum Gasteiger partial charge on any atom is 0.207 e. The van der Waals surface area contributed by atoms with Gasteiger partial charge in [-0.15, -0.1) is 11.3 Å². The van der Waals surface area contributed by atoms with Crippen LogP contribution in [0.1, 0.15) is 5.56 Å². The van der Waals surface area contributed by atoms with Crippen LogP contribution >= 0.6 is 11.3 Å². The molecule has 1 amide bonds. The maximum absolute atomic E-state index is 9.97. The number of carbonyl (C=O) groups is 1. The molecule has 3 nitrogen and oxygen atoms in total. The van der Waals surface area contributed by atoms with E-state index < -0.39 is 0 Å². The van der Waals surface area contributed by atoms with E-state index in [1.807, 2.05) is 18.5 Å². The van der Waals surface area contributed by atoms with Crippen molar-refractivity contribution in [3.05, 3.63) is 17.0 Å². The number of carbonyl (C=O) groups excluding carboxylic acids is 1. The summed E-state index contributed by atoms with van der Waals surface area (Å²) in [5.41, 5.74) is 1.13. The Morgan fingerprint density at radius 3 is 3.18 bits per heavy atom. The Labute approximate surface area is 69.4 Å². The summed E-state index contributed by atoms with van der Waals surface area (Å²) in [6.45, 7) is 0.600. The number of rotatable bonds is 4. The van der Waals surface area contributed by atoms with Gasteiger partial charge in [0.25, 0.3) is 0 Å². The zero-order valence-electron chi connectivity index (χ0n) is 6.26. The van der Waals surface area contributed by atoms with Gasteiger partial charge in [0.05, 0.1) is 5.00 Å². The lowest BCUT2D eigenvalue weighted by molar-refractivity contribution is -0.109. The van der Waals surface area contributed by atoms with Crippen LogP contribution in [0.3, 0.4) is 0 Å². The van der Waals surface area contributed by atoms with Crippen molar-refractivity contribution in [1.82, 2.24) is 5.32 Å². The Balaban J connectivity index is 2.60. The third-order valence-electron chi connectivity index (χ3n) is 1.35. The summed E-state index contributed by atoms with van der Waals surface area (Å²) in [5, 5.41) is 8.76. The second-order valence-electron chi connectivity index (χ2n) is 2.02. The average molecular weight is 170 g/mol. The molecule has 0 aliphatic carbocycles. The number of hydrogen-bond acceptors (Lipinski definition) is 3. The molecule has 60 valence electrons. The lowest BCUT2D eigenvalue weighted by Crippen LogP contribution is -2.09. The Morgan fingerprint density at radius 1 is 1.73 bits per heavy atom. The summed E-state index contributed by atoms with van der Waals surface area (Å²) in [4.78, 5) is 9.97. The largest absolute Gasteiger partial charge is 0.380 e. The van der Waals surface area contributed by atoms with Gasteiger partial charge in [-0.05, 0) is 11.4 Å². The van der Waals surface area contributed by atoms with Gasteiger partial charge in [0.2, 0.25) is 6.41 Å². The van der Waals surface area contributed by atoms with Gasteiger partial charge >= 0.3 is 0 Å². The van der Waals surface area contributed by atoms with Crippen molar-refractivity contribution in [2.24, 2.45) is 0 Å². The van der Waals surface area contributed by atoms with Crippen molar-refractivity contribution >= 4 is 22.7 Å². The topological polar surface area (TPSA) is 41.1 Å². The Bertz CT molecular complexity index is 234. The molecule has 0 saturated heterocycles. The van der Waals surface area contributed by atoms with Crippen molar-refractivity contribution in [2.45, 2.75) is 6.54 Å². The highest BCUT2D eigenvalue weighted by Crippen LogP contribution is 2.21. The van der Waals surface area contributed by atoms with Crippen LogP contribution in [0.15, 0.2) is 11.4 Å². The van der Waals surface area contributed by atoms with E-state index in [9.17, 15) is 4.79 Å². The number of hydrogen-bond donors (Lipinski definition) is 2. The van der Waals surface area contributed by atoms with E-state index in [1.165, 1.54) is 0 Å². The maximum atomic E-state index is 9.97. The molecule has 1 rings (SSSR count). The second kappa shape index (κ2) is 3.98. The van der Waals surface area contributed by atoms with Crippen molar-refractivity contribution < 1.29 is 4.79 Å². The second-order valence-corrected chi connectivity index (χ2v) is 2.94. The molecule has 1 heterocycles. The molecule has 0 radical (unpaired) electrons. The van der Waals surface area contributed by atoms with Gasteiger partial charge in [-0.3, -0.25) is 4.79 Å². The molecule has 0 atom stereocenters. The molecule has 4 heteroatoms. The molecule has 1 aromatic heterocycles. The molecule has 2 N–H and O–H groups in total. The van der Waals surface area contributed by atoms with E-state index in [0.717, 1.165) is 10.6 Å². The smallest absolute Gasteiger partial charge is 0.207 e. The first-order valence-electron chi connectivity index (χ1n) is 3.29. The molecule has 0 aliphatic heterocycles. The van der Waals surface area contributed by atoms with Gasteiger partial charge in [-0.1, -0.05) is 0 Å². The van der Waals surface area contributed by atoms with Gasteiger partial charge < -0.3 is 10.6 Å². The van der Waals surface area contributed by atoms with Gasteiger partial charge in [0, 0.05) is 19.2 Å². The zero-order valence-corrected chi connectivity index (χ0v) is 7.07. The van der Waals surface area contributed by atoms with Gasteiger partial charge in [-0.25, -0.2) is 0 Å². The number of amides is 1. The zero-order chi connectivity index (χ0) is 8.10. The lowest BCUT2D eigenvalue weighted by atomic mass is 10.3. The van der Waals surface area contributed by atoms with Crippen molar-refractivity contribution in [3.8, 4) is 0 Å². The Kier molecular flexibility index (Phi) is 2.92. The van der Waals surface area contributed by atoms with E-state index in [2.05, 4.69) is 10.6 Å². The molecule has 0 bridgehead atoms. The molecule has 0 aliphatic rings. The Hall–Kier alpha value is -1.03. The average Bonchev–Trinajstić information content (AvgIpc) is 2.47. The Morgan fingerprint density at radius 2 is 2.55 bits per heavy atom. The minimum Gasteiger partial charge on any atom is -0.380 e. The minimum absolute atomic E-state index is 0.600. The molecule has 0 aromatic carbocycles. The summed E-state index contributed by atoms with van der Waals surface area (Å²) >= 11 is 1.63. The molecule has 1 aromatic rings. The van der Waals surface area contributed by atoms with Crippen LogP contribution in [-0.2, 0) is 11.3 Å². The summed E-state index contributed by atoms with van der Waals surface area (Å²) < 4.78 is 0. The predicted octanol–water partition coefficient (Wildman–Crippen LogP) is 1.04. The standard InChI is InChI=1S/C7H10N2OS/c1-8-7-6(2-3-11-7)4-9-5-10/h2-3,5,8H,4H2,1H3,(H,9,10). The quantitative estimate of drug-likeness (QED) is 0.663. The fourth-order valence-corrected chi connectivity index (χ4v) is 1.62. The fraction of sp³-hybridized carbons (Fsp3) is 0.286. The van der Waals surface area contributed by atoms with Gasteiger partial charge in [0.15, 0.2) is 0 Å². The highest BCUT2D eigenvalue weighted by molar-refractivity contribution is 7.14. The minimum atomic E-state index is 0.600. The van der Waals surface area contributed by atoms with Gasteiger partial charge in [0.1, 0.15) is 0 Å². The molecule has 11 heavy (non-hydrogen) atoms. The van der Waals surface area contributed by atoms with E-state index in [1.54, 1.807) is 11.3 Å². The third kappa shape index (κ3) is 1.94. The predicted molar refractivity (Wildman–Crippen MR) is 46.8 cm³/mol. The van der Waals surface area contributed by atoms with E-state index in [0.29, 0.717) is 13.0 Å². The SMILES string of the molecule is CNc1sccc1CNC=O. The van der Waals surface area contributed by atoms with Crippen LogP contribution < -0.4 is 10.6 Å². The molecular weight excluding hydrogens is 160 g/mol. The van der Waals surface area contributed by atoms with Crippen LogP contribution in [0.5, 0.6) is 0 Å². The van der Waals surface area contributed by atoms with Crippen LogP contribution in [0, 0.1) is 0 Å². The highest BCUT2D eigenvalue weighted by Gasteiger charge is 1.99. The highest BCUT2D eigenvalue weighted by atomic mass is 32.1. The molecular formula is C7H10N2OS. The summed E-state index contributed by atoms with van der Waals surface area (Å²) in [6, 6.07) is 1.99. The van der Waals surface area contributed by atoms with Crippen LogP contribution in [-0.4, -0.2) is 13.5 Å². The van der Waals surface area contributed by atoms with E-state index >= 15 is 0 Å². The molecule has 0 unspecified atom stereocenters. The molecule has 0 fully saturated rings. The third-order valence-corrected chi connectivity index (χ3v) is 2.32. The molecule has 0 spiro atoms. The van der Waals surface area contributed by atoms with Crippen molar-refractivity contribution in [2.75, 3.05) is 12.4 Å². The number of nitrogens with one attached hydrogen (secondary N) is 2. The first kappa shape index (κ1) is 8.07. The fourth-order valence-electron chi connectivity index (χ4n) is 0.846. The molecule has 0 saturated carbocycles. The lowest BCUT2D eigenvalue weighted by Gasteiger charge is -2.00. The normalized spacial score (nSPS) is 9.18. The van der Waals surface area contributed by atoms with Crippen LogP contribution in [0.4, 0.5) is 5.00 Å². The number of anilines is 1. The first-order valence-corrected chi connectivity index (χ1v) is 4.17. The number of thiophene rings is 1. The van der Waals surface area contributed by atoms with E-state index in [-0.39, 0.29) is 0 Å². The first-order chi connectivity index (χ1) is 5.38. The van der Waals surface area contributed by atoms with Gasteiger partial charge in [-0.2, -0.15) is 0 Å². The monoisotopic (exact) mass is 170 g/mol.